The monoisotopic (exact) mass is 269 g/mol. The van der Waals surface area contributed by atoms with Crippen LogP contribution in [0, 0.1) is 0 Å². The molecular formula is C13H23N3OS. The molecule has 18 heavy (non-hydrogen) atoms. The summed E-state index contributed by atoms with van der Waals surface area (Å²) < 4.78 is 13.5. The Morgan fingerprint density at radius 1 is 1.56 bits per heavy atom. The van der Waals surface area contributed by atoms with Gasteiger partial charge in [-0.05, 0) is 19.3 Å². The van der Waals surface area contributed by atoms with Crippen LogP contribution in [0.25, 0.3) is 0 Å². The number of anilines is 1. The molecule has 1 aliphatic carbocycles. The Morgan fingerprint density at radius 2 is 2.28 bits per heavy atom. The van der Waals surface area contributed by atoms with Gasteiger partial charge in [0.2, 0.25) is 5.95 Å². The maximum Gasteiger partial charge on any atom is 0.203 e. The van der Waals surface area contributed by atoms with Gasteiger partial charge >= 0.3 is 0 Å². The zero-order chi connectivity index (χ0) is 13.0. The van der Waals surface area contributed by atoms with Gasteiger partial charge in [0.25, 0.3) is 0 Å². The molecule has 2 atom stereocenters. The highest BCUT2D eigenvalue weighted by atomic mass is 32.2. The molecule has 0 aliphatic heterocycles. The molecule has 0 bridgehead atoms. The van der Waals surface area contributed by atoms with Gasteiger partial charge in [-0.3, -0.25) is 4.21 Å². The first-order valence-electron chi connectivity index (χ1n) is 6.77. The second kappa shape index (κ2) is 6.36. The molecule has 0 amide bonds. The molecule has 0 aromatic carbocycles. The number of nitrogens with zero attached hydrogens (tertiary/aromatic N) is 2. The number of hydrogen-bond acceptors (Lipinski definition) is 3. The molecule has 1 saturated carbocycles. The first-order valence-corrected chi connectivity index (χ1v) is 8.39. The number of imidazole rings is 1. The van der Waals surface area contributed by atoms with E-state index >= 15 is 0 Å². The molecule has 4 nitrogen and oxygen atoms in total. The molecule has 102 valence electrons. The lowest BCUT2D eigenvalue weighted by molar-refractivity contribution is 0.522. The number of rotatable bonds is 6. The van der Waals surface area contributed by atoms with E-state index in [2.05, 4.69) is 21.1 Å². The predicted molar refractivity (Wildman–Crippen MR) is 76.4 cm³/mol. The summed E-state index contributed by atoms with van der Waals surface area (Å²) in [7, 11) is -0.733. The molecule has 0 spiro atoms. The van der Waals surface area contributed by atoms with Gasteiger partial charge in [-0.15, -0.1) is 0 Å². The largest absolute Gasteiger partial charge is 0.356 e. The Hall–Kier alpha value is -0.840. The first kappa shape index (κ1) is 13.6. The van der Waals surface area contributed by atoms with Gasteiger partial charge in [0.1, 0.15) is 0 Å². The van der Waals surface area contributed by atoms with Crippen molar-refractivity contribution in [2.75, 3.05) is 18.1 Å². The molecule has 1 N–H and O–H groups in total. The lowest BCUT2D eigenvalue weighted by Gasteiger charge is -2.16. The second-order valence-electron chi connectivity index (χ2n) is 5.12. The van der Waals surface area contributed by atoms with E-state index in [1.807, 2.05) is 13.1 Å². The second-order valence-corrected chi connectivity index (χ2v) is 6.92. The average Bonchev–Trinajstić information content (AvgIpc) is 2.98. The van der Waals surface area contributed by atoms with E-state index < -0.39 is 10.8 Å². The Morgan fingerprint density at radius 3 is 2.94 bits per heavy atom. The van der Waals surface area contributed by atoms with Gasteiger partial charge in [-0.2, -0.15) is 0 Å². The highest BCUT2D eigenvalue weighted by molar-refractivity contribution is 7.84. The van der Waals surface area contributed by atoms with Gasteiger partial charge in [-0.25, -0.2) is 4.98 Å². The van der Waals surface area contributed by atoms with E-state index in [0.717, 1.165) is 18.9 Å². The Balaban J connectivity index is 1.86. The van der Waals surface area contributed by atoms with Crippen molar-refractivity contribution in [1.82, 2.24) is 9.55 Å². The van der Waals surface area contributed by atoms with Crippen LogP contribution in [0.2, 0.25) is 0 Å². The van der Waals surface area contributed by atoms with Crippen LogP contribution in [-0.4, -0.2) is 31.8 Å². The quantitative estimate of drug-likeness (QED) is 0.863. The van der Waals surface area contributed by atoms with Gasteiger partial charge in [-0.1, -0.05) is 19.8 Å². The molecule has 0 saturated heterocycles. The van der Waals surface area contributed by atoms with Crippen LogP contribution in [0.15, 0.2) is 12.4 Å². The summed E-state index contributed by atoms with van der Waals surface area (Å²) >= 11 is 0. The third kappa shape index (κ3) is 3.34. The zero-order valence-electron chi connectivity index (χ0n) is 11.3. The number of hydrogen-bond donors (Lipinski definition) is 1. The average molecular weight is 269 g/mol. The van der Waals surface area contributed by atoms with Crippen LogP contribution in [-0.2, 0) is 10.8 Å². The van der Waals surface area contributed by atoms with Crippen molar-refractivity contribution in [2.45, 2.75) is 50.3 Å². The molecule has 5 heteroatoms. The van der Waals surface area contributed by atoms with E-state index in [0.29, 0.717) is 6.04 Å². The lowest BCUT2D eigenvalue weighted by atomic mass is 10.2. The molecule has 1 heterocycles. The maximum absolute atomic E-state index is 11.3. The van der Waals surface area contributed by atoms with Gasteiger partial charge < -0.3 is 9.88 Å². The van der Waals surface area contributed by atoms with Gasteiger partial charge in [0.15, 0.2) is 0 Å². The van der Waals surface area contributed by atoms with Crippen molar-refractivity contribution < 1.29 is 4.21 Å². The molecule has 1 fully saturated rings. The molecule has 2 unspecified atom stereocenters. The molecule has 1 aromatic heterocycles. The SMILES string of the molecule is CC(CCNc1nccn1C1CCCC1)S(C)=O. The van der Waals surface area contributed by atoms with E-state index in [-0.39, 0.29) is 5.25 Å². The number of aromatic nitrogens is 2. The zero-order valence-corrected chi connectivity index (χ0v) is 12.1. The Bertz CT molecular complexity index is 399. The van der Waals surface area contributed by atoms with Crippen molar-refractivity contribution in [3.8, 4) is 0 Å². The fourth-order valence-electron chi connectivity index (χ4n) is 2.48. The topological polar surface area (TPSA) is 46.9 Å². The summed E-state index contributed by atoms with van der Waals surface area (Å²) in [6.45, 7) is 2.87. The summed E-state index contributed by atoms with van der Waals surface area (Å²) in [5, 5.41) is 3.62. The minimum atomic E-state index is -0.733. The smallest absolute Gasteiger partial charge is 0.203 e. The highest BCUT2D eigenvalue weighted by Crippen LogP contribution is 2.31. The molecular weight excluding hydrogens is 246 g/mol. The fourth-order valence-corrected chi connectivity index (χ4v) is 2.93. The summed E-state index contributed by atoms with van der Waals surface area (Å²) in [5.74, 6) is 0.969. The Kier molecular flexibility index (Phi) is 4.80. The van der Waals surface area contributed by atoms with E-state index in [9.17, 15) is 4.21 Å². The molecule has 1 aromatic rings. The third-order valence-electron chi connectivity index (χ3n) is 3.79. The summed E-state index contributed by atoms with van der Waals surface area (Å²) in [6.07, 6.45) is 11.8. The van der Waals surface area contributed by atoms with Gasteiger partial charge in [0, 0.05) is 47.3 Å². The van der Waals surface area contributed by atoms with Crippen LogP contribution in [0.1, 0.15) is 45.1 Å². The minimum Gasteiger partial charge on any atom is -0.356 e. The standard InChI is InChI=1S/C13H23N3OS/c1-11(18(2)17)7-8-14-13-15-9-10-16(13)12-5-3-4-6-12/h9-12H,3-8H2,1-2H3,(H,14,15). The third-order valence-corrected chi connectivity index (χ3v) is 5.16. The highest BCUT2D eigenvalue weighted by Gasteiger charge is 2.19. The van der Waals surface area contributed by atoms with Crippen LogP contribution in [0.4, 0.5) is 5.95 Å². The number of nitrogens with one attached hydrogen (secondary N) is 1. The summed E-state index contributed by atoms with van der Waals surface area (Å²) in [5.41, 5.74) is 0. The lowest BCUT2D eigenvalue weighted by Crippen LogP contribution is -2.17. The van der Waals surface area contributed by atoms with Crippen LogP contribution >= 0.6 is 0 Å². The minimum absolute atomic E-state index is 0.243. The van der Waals surface area contributed by atoms with Crippen molar-refractivity contribution >= 4 is 16.7 Å². The first-order chi connectivity index (χ1) is 8.68. The normalized spacial score (nSPS) is 19.9. The van der Waals surface area contributed by atoms with E-state index in [1.165, 1.54) is 25.7 Å². The molecule has 0 radical (unpaired) electrons. The van der Waals surface area contributed by atoms with Crippen molar-refractivity contribution in [3.05, 3.63) is 12.4 Å². The van der Waals surface area contributed by atoms with Crippen molar-refractivity contribution in [3.63, 3.8) is 0 Å². The van der Waals surface area contributed by atoms with Crippen LogP contribution in [0.5, 0.6) is 0 Å². The van der Waals surface area contributed by atoms with Crippen LogP contribution in [0.3, 0.4) is 0 Å². The van der Waals surface area contributed by atoms with E-state index in [1.54, 1.807) is 6.26 Å². The molecule has 1 aliphatic rings. The fraction of sp³-hybridized carbons (Fsp3) is 0.769. The van der Waals surface area contributed by atoms with Crippen molar-refractivity contribution in [1.29, 1.82) is 0 Å². The van der Waals surface area contributed by atoms with Crippen LogP contribution < -0.4 is 5.32 Å². The summed E-state index contributed by atoms with van der Waals surface area (Å²) in [4.78, 5) is 4.38. The van der Waals surface area contributed by atoms with Crippen molar-refractivity contribution in [2.24, 2.45) is 0 Å². The predicted octanol–water partition coefficient (Wildman–Crippen LogP) is 2.57. The van der Waals surface area contributed by atoms with E-state index in [4.69, 9.17) is 0 Å². The molecule has 2 rings (SSSR count). The Labute approximate surface area is 112 Å². The van der Waals surface area contributed by atoms with Gasteiger partial charge in [0.05, 0.1) is 0 Å². The maximum atomic E-state index is 11.3. The summed E-state index contributed by atoms with van der Waals surface area (Å²) in [6, 6.07) is 0.618.